The standard InChI is InChI=1S/C21H30ClN3O3S/c1-7-8-20(22)23-17(4)24(5)11-12-25(18-9-10-18)29(26,27)21-15(2)13-19(28-6)14-16(21)3/h7-8,13-14,18H,1,9-12H2,2-6H3/b20-8-,23-17+. The number of amidine groups is 1. The number of benzene rings is 1. The summed E-state index contributed by atoms with van der Waals surface area (Å²) in [4.78, 5) is 6.56. The largest absolute Gasteiger partial charge is 0.497 e. The van der Waals surface area contributed by atoms with E-state index < -0.39 is 10.0 Å². The number of rotatable bonds is 9. The molecule has 29 heavy (non-hydrogen) atoms. The molecule has 0 aliphatic heterocycles. The zero-order valence-electron chi connectivity index (χ0n) is 17.8. The van der Waals surface area contributed by atoms with Crippen molar-refractivity contribution in [3.63, 3.8) is 0 Å². The Hall–Kier alpha value is -1.83. The van der Waals surface area contributed by atoms with Gasteiger partial charge in [-0.3, -0.25) is 0 Å². The van der Waals surface area contributed by atoms with Crippen LogP contribution in [-0.2, 0) is 10.0 Å². The second-order valence-electron chi connectivity index (χ2n) is 7.24. The number of hydrogen-bond acceptors (Lipinski definition) is 4. The minimum Gasteiger partial charge on any atom is -0.497 e. The van der Waals surface area contributed by atoms with Gasteiger partial charge in [-0.25, -0.2) is 13.4 Å². The van der Waals surface area contributed by atoms with Gasteiger partial charge in [0.1, 0.15) is 16.7 Å². The van der Waals surface area contributed by atoms with E-state index in [0.29, 0.717) is 45.9 Å². The topological polar surface area (TPSA) is 62.2 Å². The Morgan fingerprint density at radius 3 is 2.38 bits per heavy atom. The molecule has 160 valence electrons. The maximum Gasteiger partial charge on any atom is 0.243 e. The third kappa shape index (κ3) is 5.84. The van der Waals surface area contributed by atoms with Gasteiger partial charge in [-0.1, -0.05) is 24.3 Å². The number of sulfonamides is 1. The molecule has 0 spiro atoms. The monoisotopic (exact) mass is 439 g/mol. The number of nitrogens with zero attached hydrogens (tertiary/aromatic N) is 3. The Labute approximate surface area is 179 Å². The maximum atomic E-state index is 13.5. The molecule has 1 aliphatic rings. The number of aryl methyl sites for hydroxylation is 2. The lowest BCUT2D eigenvalue weighted by Crippen LogP contribution is -2.40. The van der Waals surface area contributed by atoms with Crippen LogP contribution in [0.2, 0.25) is 0 Å². The summed E-state index contributed by atoms with van der Waals surface area (Å²) in [6.07, 6.45) is 4.95. The quantitative estimate of drug-likeness (QED) is 0.252. The van der Waals surface area contributed by atoms with Gasteiger partial charge < -0.3 is 9.64 Å². The summed E-state index contributed by atoms with van der Waals surface area (Å²) < 4.78 is 33.9. The molecule has 1 saturated carbocycles. The first-order valence-electron chi connectivity index (χ1n) is 9.53. The molecular weight excluding hydrogens is 410 g/mol. The predicted molar refractivity (Wildman–Crippen MR) is 119 cm³/mol. The minimum atomic E-state index is -3.62. The van der Waals surface area contributed by atoms with Crippen LogP contribution >= 0.6 is 11.6 Å². The number of likely N-dealkylation sites (N-methyl/N-ethyl adjacent to an activating group) is 1. The smallest absolute Gasteiger partial charge is 0.243 e. The lowest BCUT2D eigenvalue weighted by molar-refractivity contribution is 0.361. The highest BCUT2D eigenvalue weighted by atomic mass is 35.5. The van der Waals surface area contributed by atoms with Crippen LogP contribution in [0.25, 0.3) is 0 Å². The van der Waals surface area contributed by atoms with Crippen molar-refractivity contribution in [1.82, 2.24) is 9.21 Å². The lowest BCUT2D eigenvalue weighted by atomic mass is 10.1. The molecule has 0 atom stereocenters. The Morgan fingerprint density at radius 2 is 1.90 bits per heavy atom. The van der Waals surface area contributed by atoms with Crippen molar-refractivity contribution in [2.24, 2.45) is 4.99 Å². The van der Waals surface area contributed by atoms with Gasteiger partial charge in [-0.2, -0.15) is 4.31 Å². The van der Waals surface area contributed by atoms with E-state index in [2.05, 4.69) is 11.6 Å². The third-order valence-electron chi connectivity index (χ3n) is 4.92. The second-order valence-corrected chi connectivity index (χ2v) is 9.46. The van der Waals surface area contributed by atoms with Crippen LogP contribution in [0.3, 0.4) is 0 Å². The van der Waals surface area contributed by atoms with Crippen molar-refractivity contribution in [2.45, 2.75) is 44.6 Å². The molecular formula is C21H30ClN3O3S. The van der Waals surface area contributed by atoms with Crippen LogP contribution in [0.15, 0.2) is 45.9 Å². The highest BCUT2D eigenvalue weighted by molar-refractivity contribution is 7.89. The Balaban J connectivity index is 2.24. The first-order valence-corrected chi connectivity index (χ1v) is 11.3. The Kier molecular flexibility index (Phi) is 7.91. The molecule has 8 heteroatoms. The van der Waals surface area contributed by atoms with Crippen LogP contribution < -0.4 is 4.74 Å². The third-order valence-corrected chi connectivity index (χ3v) is 7.39. The van der Waals surface area contributed by atoms with Gasteiger partial charge in [0.25, 0.3) is 0 Å². The molecule has 0 bridgehead atoms. The summed E-state index contributed by atoms with van der Waals surface area (Å²) in [5.74, 6) is 1.37. The zero-order valence-corrected chi connectivity index (χ0v) is 19.3. The molecule has 0 radical (unpaired) electrons. The molecule has 1 fully saturated rings. The minimum absolute atomic E-state index is 0.0517. The molecule has 1 aromatic carbocycles. The van der Waals surface area contributed by atoms with Crippen LogP contribution in [0, 0.1) is 13.8 Å². The molecule has 0 N–H and O–H groups in total. The molecule has 0 heterocycles. The van der Waals surface area contributed by atoms with Gasteiger partial charge in [-0.15, -0.1) is 0 Å². The van der Waals surface area contributed by atoms with E-state index in [1.807, 2.05) is 32.7 Å². The number of ether oxygens (including phenoxy) is 1. The Morgan fingerprint density at radius 1 is 1.31 bits per heavy atom. The van der Waals surface area contributed by atoms with E-state index in [1.54, 1.807) is 35.7 Å². The summed E-state index contributed by atoms with van der Waals surface area (Å²) in [5.41, 5.74) is 1.39. The predicted octanol–water partition coefficient (Wildman–Crippen LogP) is 4.08. The van der Waals surface area contributed by atoms with Crippen molar-refractivity contribution in [3.05, 3.63) is 47.1 Å². The molecule has 1 aliphatic carbocycles. The van der Waals surface area contributed by atoms with E-state index in [-0.39, 0.29) is 6.04 Å². The lowest BCUT2D eigenvalue weighted by Gasteiger charge is -2.27. The molecule has 0 saturated heterocycles. The summed E-state index contributed by atoms with van der Waals surface area (Å²) >= 11 is 6.01. The van der Waals surface area contributed by atoms with Crippen LogP contribution in [0.5, 0.6) is 5.75 Å². The molecule has 0 unspecified atom stereocenters. The summed E-state index contributed by atoms with van der Waals surface area (Å²) in [6, 6.07) is 3.58. The average Bonchev–Trinajstić information content (AvgIpc) is 3.45. The van der Waals surface area contributed by atoms with Crippen molar-refractivity contribution in [2.75, 3.05) is 27.2 Å². The molecule has 1 aromatic rings. The fourth-order valence-electron chi connectivity index (χ4n) is 3.20. The van der Waals surface area contributed by atoms with E-state index >= 15 is 0 Å². The normalized spacial score (nSPS) is 15.6. The fraction of sp³-hybridized carbons (Fsp3) is 0.476. The summed E-state index contributed by atoms with van der Waals surface area (Å²) in [7, 11) is -0.165. The second kappa shape index (κ2) is 9.78. The summed E-state index contributed by atoms with van der Waals surface area (Å²) in [5, 5.41) is 0.334. The van der Waals surface area contributed by atoms with E-state index in [0.717, 1.165) is 12.8 Å². The average molecular weight is 440 g/mol. The maximum absolute atomic E-state index is 13.5. The number of hydrogen-bond donors (Lipinski definition) is 0. The van der Waals surface area contributed by atoms with E-state index in [4.69, 9.17) is 16.3 Å². The van der Waals surface area contributed by atoms with Crippen LogP contribution in [0.1, 0.15) is 30.9 Å². The molecule has 0 aromatic heterocycles. The SMILES string of the molecule is C=C/C=C(Cl)\N=C(/C)N(C)CCN(C1CC1)S(=O)(=O)c1c(C)cc(OC)cc1C. The molecule has 6 nitrogen and oxygen atoms in total. The highest BCUT2D eigenvalue weighted by Crippen LogP contribution is 2.35. The first kappa shape index (κ1) is 23.4. The zero-order chi connectivity index (χ0) is 21.8. The van der Waals surface area contributed by atoms with E-state index in [9.17, 15) is 8.42 Å². The van der Waals surface area contributed by atoms with Crippen LogP contribution in [0.4, 0.5) is 0 Å². The van der Waals surface area contributed by atoms with Crippen molar-refractivity contribution < 1.29 is 13.2 Å². The van der Waals surface area contributed by atoms with Gasteiger partial charge in [0.15, 0.2) is 0 Å². The number of halogens is 1. The highest BCUT2D eigenvalue weighted by Gasteiger charge is 2.39. The first-order chi connectivity index (χ1) is 13.6. The van der Waals surface area contributed by atoms with Gasteiger partial charge in [-0.05, 0) is 62.9 Å². The van der Waals surface area contributed by atoms with Gasteiger partial charge >= 0.3 is 0 Å². The van der Waals surface area contributed by atoms with Gasteiger partial charge in [0, 0.05) is 26.2 Å². The Bertz CT molecular complexity index is 898. The number of methoxy groups -OCH3 is 1. The van der Waals surface area contributed by atoms with Crippen LogP contribution in [-0.4, -0.2) is 56.7 Å². The fourth-order valence-corrected chi connectivity index (χ4v) is 5.50. The van der Waals surface area contributed by atoms with Gasteiger partial charge in [0.05, 0.1) is 12.0 Å². The van der Waals surface area contributed by atoms with Gasteiger partial charge in [0.2, 0.25) is 10.0 Å². The van der Waals surface area contributed by atoms with E-state index in [1.165, 1.54) is 0 Å². The number of aliphatic imine (C=N–C) groups is 1. The van der Waals surface area contributed by atoms with Crippen molar-refractivity contribution in [3.8, 4) is 5.75 Å². The molecule has 2 rings (SSSR count). The molecule has 0 amide bonds. The summed E-state index contributed by atoms with van der Waals surface area (Å²) in [6.45, 7) is 9.95. The van der Waals surface area contributed by atoms with Crippen molar-refractivity contribution in [1.29, 1.82) is 0 Å². The number of allylic oxidation sites excluding steroid dienone is 2. The van der Waals surface area contributed by atoms with Crippen molar-refractivity contribution >= 4 is 27.5 Å².